The summed E-state index contributed by atoms with van der Waals surface area (Å²) in [7, 11) is 3.92. The third-order valence-corrected chi connectivity index (χ3v) is 4.64. The van der Waals surface area contributed by atoms with E-state index in [1.54, 1.807) is 19.2 Å². The lowest BCUT2D eigenvalue weighted by molar-refractivity contribution is 0.120. The third kappa shape index (κ3) is 6.80. The molecule has 0 bridgehead atoms. The van der Waals surface area contributed by atoms with Crippen LogP contribution in [0.15, 0.2) is 29.3 Å². The van der Waals surface area contributed by atoms with Crippen LogP contribution < -0.4 is 15.4 Å². The molecule has 0 spiro atoms. The molecule has 0 aromatic heterocycles. The molecule has 1 aliphatic rings. The van der Waals surface area contributed by atoms with E-state index >= 15 is 0 Å². The first-order valence-electron chi connectivity index (χ1n) is 9.27. The highest BCUT2D eigenvalue weighted by Crippen LogP contribution is 2.13. The molecular weight excluding hydrogens is 333 g/mol. The van der Waals surface area contributed by atoms with Crippen LogP contribution in [0.25, 0.3) is 0 Å². The number of benzene rings is 1. The van der Waals surface area contributed by atoms with Crippen LogP contribution in [0, 0.1) is 5.82 Å². The molecule has 26 heavy (non-hydrogen) atoms. The zero-order valence-corrected chi connectivity index (χ0v) is 16.3. The second-order valence-corrected chi connectivity index (χ2v) is 6.91. The van der Waals surface area contributed by atoms with Gasteiger partial charge in [-0.25, -0.2) is 4.39 Å². The lowest BCUT2D eigenvalue weighted by atomic mass is 10.2. The summed E-state index contributed by atoms with van der Waals surface area (Å²) < 4.78 is 18.9. The largest absolute Gasteiger partial charge is 0.489 e. The van der Waals surface area contributed by atoms with Crippen molar-refractivity contribution in [3.05, 3.63) is 30.1 Å². The Morgan fingerprint density at radius 1 is 1.19 bits per heavy atom. The molecule has 2 unspecified atom stereocenters. The van der Waals surface area contributed by atoms with Crippen molar-refractivity contribution in [1.82, 2.24) is 20.4 Å². The van der Waals surface area contributed by atoms with Gasteiger partial charge in [-0.15, -0.1) is 0 Å². The van der Waals surface area contributed by atoms with Crippen LogP contribution in [0.4, 0.5) is 4.39 Å². The summed E-state index contributed by atoms with van der Waals surface area (Å²) in [6.07, 6.45) is -0.106. The Morgan fingerprint density at radius 2 is 1.88 bits per heavy atom. The van der Waals surface area contributed by atoms with Gasteiger partial charge in [-0.2, -0.15) is 0 Å². The van der Waals surface area contributed by atoms with Crippen molar-refractivity contribution >= 4 is 5.96 Å². The van der Waals surface area contributed by atoms with Gasteiger partial charge < -0.3 is 20.3 Å². The van der Waals surface area contributed by atoms with Crippen LogP contribution in [-0.4, -0.2) is 81.3 Å². The monoisotopic (exact) mass is 365 g/mol. The van der Waals surface area contributed by atoms with Crippen molar-refractivity contribution < 1.29 is 9.13 Å². The lowest BCUT2D eigenvalue weighted by Gasteiger charge is -2.36. The minimum atomic E-state index is -0.293. The maximum atomic E-state index is 13.2. The third-order valence-electron chi connectivity index (χ3n) is 4.64. The first-order chi connectivity index (χ1) is 12.5. The molecule has 0 saturated carbocycles. The zero-order valence-electron chi connectivity index (χ0n) is 16.3. The molecule has 2 atom stereocenters. The van der Waals surface area contributed by atoms with E-state index in [2.05, 4.69) is 39.4 Å². The summed E-state index contributed by atoms with van der Waals surface area (Å²) in [6.45, 7) is 10.0. The van der Waals surface area contributed by atoms with E-state index < -0.39 is 0 Å². The SMILES string of the molecule is CN=C(NCC(C)Oc1cccc(F)c1)NCC(C)N1CCN(C)CC1. The standard InChI is InChI=1S/C19H32FN5O/c1-15(25-10-8-24(4)9-11-25)13-22-19(21-3)23-14-16(2)26-18-7-5-6-17(20)12-18/h5-7,12,15-16H,8-11,13-14H2,1-4H3,(H2,21,22,23). The van der Waals surface area contributed by atoms with Gasteiger partial charge in [0.15, 0.2) is 5.96 Å². The second-order valence-electron chi connectivity index (χ2n) is 6.91. The van der Waals surface area contributed by atoms with Gasteiger partial charge >= 0.3 is 0 Å². The number of aliphatic imine (C=N–C) groups is 1. The summed E-state index contributed by atoms with van der Waals surface area (Å²) in [5, 5.41) is 6.64. The molecule has 1 aliphatic heterocycles. The number of hydrogen-bond acceptors (Lipinski definition) is 4. The van der Waals surface area contributed by atoms with E-state index in [1.165, 1.54) is 12.1 Å². The van der Waals surface area contributed by atoms with Crippen LogP contribution in [0.2, 0.25) is 0 Å². The van der Waals surface area contributed by atoms with Crippen LogP contribution in [0.5, 0.6) is 5.75 Å². The Bertz CT molecular complexity index is 575. The van der Waals surface area contributed by atoms with Crippen molar-refractivity contribution in [2.45, 2.75) is 26.0 Å². The summed E-state index contributed by atoms with van der Waals surface area (Å²) in [6, 6.07) is 6.64. The van der Waals surface area contributed by atoms with Gasteiger partial charge in [-0.1, -0.05) is 6.07 Å². The Labute approximate surface area is 156 Å². The Hall–Kier alpha value is -1.86. The molecule has 6 nitrogen and oxygen atoms in total. The zero-order chi connectivity index (χ0) is 18.9. The predicted octanol–water partition coefficient (Wildman–Crippen LogP) is 1.39. The number of rotatable bonds is 7. The molecule has 146 valence electrons. The van der Waals surface area contributed by atoms with E-state index in [-0.39, 0.29) is 11.9 Å². The molecule has 1 saturated heterocycles. The highest BCUT2D eigenvalue weighted by molar-refractivity contribution is 5.79. The number of guanidine groups is 1. The van der Waals surface area contributed by atoms with Crippen molar-refractivity contribution in [2.24, 2.45) is 4.99 Å². The minimum absolute atomic E-state index is 0.106. The normalized spacial score (nSPS) is 19.0. The van der Waals surface area contributed by atoms with E-state index in [9.17, 15) is 4.39 Å². The van der Waals surface area contributed by atoms with Crippen LogP contribution in [0.3, 0.4) is 0 Å². The van der Waals surface area contributed by atoms with E-state index in [4.69, 9.17) is 4.74 Å². The molecule has 2 rings (SSSR count). The molecule has 0 amide bonds. The lowest BCUT2D eigenvalue weighted by Crippen LogP contribution is -2.52. The van der Waals surface area contributed by atoms with Crippen molar-refractivity contribution in [1.29, 1.82) is 0 Å². The minimum Gasteiger partial charge on any atom is -0.489 e. The highest BCUT2D eigenvalue weighted by Gasteiger charge is 2.19. The second kappa shape index (κ2) is 10.3. The maximum absolute atomic E-state index is 13.2. The summed E-state index contributed by atoms with van der Waals surface area (Å²) in [5.41, 5.74) is 0. The summed E-state index contributed by atoms with van der Waals surface area (Å²) >= 11 is 0. The molecular formula is C19H32FN5O. The first kappa shape index (κ1) is 20.5. The highest BCUT2D eigenvalue weighted by atomic mass is 19.1. The van der Waals surface area contributed by atoms with Crippen molar-refractivity contribution in [3.63, 3.8) is 0 Å². The molecule has 0 aliphatic carbocycles. The van der Waals surface area contributed by atoms with E-state index in [0.717, 1.165) is 38.7 Å². The van der Waals surface area contributed by atoms with Crippen LogP contribution in [0.1, 0.15) is 13.8 Å². The maximum Gasteiger partial charge on any atom is 0.191 e. The van der Waals surface area contributed by atoms with Crippen LogP contribution in [-0.2, 0) is 0 Å². The topological polar surface area (TPSA) is 52.1 Å². The van der Waals surface area contributed by atoms with E-state index in [0.29, 0.717) is 18.3 Å². The average Bonchev–Trinajstić information content (AvgIpc) is 2.62. The fraction of sp³-hybridized carbons (Fsp3) is 0.632. The number of halogens is 1. The summed E-state index contributed by atoms with van der Waals surface area (Å²) in [4.78, 5) is 9.12. The quantitative estimate of drug-likeness (QED) is 0.565. The van der Waals surface area contributed by atoms with E-state index in [1.807, 2.05) is 6.92 Å². The van der Waals surface area contributed by atoms with Gasteiger partial charge in [0.25, 0.3) is 0 Å². The molecule has 7 heteroatoms. The first-order valence-corrected chi connectivity index (χ1v) is 9.27. The fourth-order valence-electron chi connectivity index (χ4n) is 2.91. The van der Waals surface area contributed by atoms with Gasteiger partial charge in [0.1, 0.15) is 17.7 Å². The number of likely N-dealkylation sites (N-methyl/N-ethyl adjacent to an activating group) is 1. The number of nitrogens with one attached hydrogen (secondary N) is 2. The molecule has 0 radical (unpaired) electrons. The number of hydrogen-bond donors (Lipinski definition) is 2. The molecule has 1 fully saturated rings. The van der Waals surface area contributed by atoms with Gasteiger partial charge in [0, 0.05) is 51.9 Å². The van der Waals surface area contributed by atoms with Gasteiger partial charge in [-0.05, 0) is 33.0 Å². The van der Waals surface area contributed by atoms with Crippen molar-refractivity contribution in [3.8, 4) is 5.75 Å². The van der Waals surface area contributed by atoms with Gasteiger partial charge in [0.05, 0.1) is 6.54 Å². The number of ether oxygens (including phenoxy) is 1. The fourth-order valence-corrected chi connectivity index (χ4v) is 2.91. The van der Waals surface area contributed by atoms with Gasteiger partial charge in [-0.3, -0.25) is 9.89 Å². The molecule has 1 aromatic rings. The van der Waals surface area contributed by atoms with Gasteiger partial charge in [0.2, 0.25) is 0 Å². The number of nitrogens with zero attached hydrogens (tertiary/aromatic N) is 3. The number of piperazine rings is 1. The predicted molar refractivity (Wildman–Crippen MR) is 104 cm³/mol. The molecule has 1 heterocycles. The summed E-state index contributed by atoms with van der Waals surface area (Å²) in [5.74, 6) is 0.990. The van der Waals surface area contributed by atoms with Crippen LogP contribution >= 0.6 is 0 Å². The Morgan fingerprint density at radius 3 is 2.54 bits per heavy atom. The Kier molecular flexibility index (Phi) is 8.12. The smallest absolute Gasteiger partial charge is 0.191 e. The average molecular weight is 365 g/mol. The van der Waals surface area contributed by atoms with Crippen molar-refractivity contribution in [2.75, 3.05) is 53.4 Å². The molecule has 1 aromatic carbocycles. The Balaban J connectivity index is 1.70. The molecule has 2 N–H and O–H groups in total.